The number of fused-ring (bicyclic) bond motifs is 1. The highest BCUT2D eigenvalue weighted by molar-refractivity contribution is 5.41. The Balaban J connectivity index is 1.88. The van der Waals surface area contributed by atoms with Crippen LogP contribution in [-0.4, -0.2) is 11.2 Å². The molecular weight excluding hydrogens is 244 g/mol. The van der Waals surface area contributed by atoms with Crippen molar-refractivity contribution in [2.75, 3.05) is 0 Å². The van der Waals surface area contributed by atoms with Crippen LogP contribution in [0.1, 0.15) is 75.5 Å². The van der Waals surface area contributed by atoms with Gasteiger partial charge >= 0.3 is 0 Å². The Kier molecular flexibility index (Phi) is 3.66. The molecule has 1 N–H and O–H groups in total. The van der Waals surface area contributed by atoms with E-state index < -0.39 is 0 Å². The quantitative estimate of drug-likeness (QED) is 0.836. The summed E-state index contributed by atoms with van der Waals surface area (Å²) in [5, 5.41) is 10.8. The van der Waals surface area contributed by atoms with Crippen LogP contribution in [0, 0.1) is 5.92 Å². The molecule has 110 valence electrons. The largest absolute Gasteiger partial charge is 0.392 e. The summed E-state index contributed by atoms with van der Waals surface area (Å²) in [7, 11) is 0. The molecule has 0 amide bonds. The number of aliphatic hydroxyl groups is 1. The number of benzene rings is 1. The van der Waals surface area contributed by atoms with E-state index in [-0.39, 0.29) is 11.5 Å². The first-order chi connectivity index (χ1) is 9.47. The highest BCUT2D eigenvalue weighted by atomic mass is 16.3. The molecule has 2 aliphatic carbocycles. The fourth-order valence-corrected chi connectivity index (χ4v) is 4.08. The van der Waals surface area contributed by atoms with Crippen LogP contribution in [0.5, 0.6) is 0 Å². The fourth-order valence-electron chi connectivity index (χ4n) is 4.08. The molecule has 1 aromatic rings. The summed E-state index contributed by atoms with van der Waals surface area (Å²) in [4.78, 5) is 0. The van der Waals surface area contributed by atoms with Gasteiger partial charge in [-0.05, 0) is 53.7 Å². The Bertz CT molecular complexity index is 477. The van der Waals surface area contributed by atoms with Crippen LogP contribution in [-0.2, 0) is 11.8 Å². The smallest absolute Gasteiger partial charge is 0.0637 e. The standard InChI is InChI=1S/C19H28O/c1-19(2,3)15-10-8-13-9-11-16(17(13)12-15)18(20)14-6-4-5-7-14/h8,10,12,14,16,18,20H,4-7,9,11H2,1-3H3/t16-,18-/m0/s1. The van der Waals surface area contributed by atoms with Gasteiger partial charge in [0, 0.05) is 5.92 Å². The molecule has 20 heavy (non-hydrogen) atoms. The summed E-state index contributed by atoms with van der Waals surface area (Å²) in [6, 6.07) is 6.96. The number of rotatable bonds is 2. The lowest BCUT2D eigenvalue weighted by atomic mass is 9.81. The molecule has 2 atom stereocenters. The van der Waals surface area contributed by atoms with Crippen LogP contribution >= 0.6 is 0 Å². The van der Waals surface area contributed by atoms with E-state index in [1.165, 1.54) is 42.4 Å². The average molecular weight is 272 g/mol. The van der Waals surface area contributed by atoms with E-state index in [4.69, 9.17) is 0 Å². The Morgan fingerprint density at radius 3 is 2.45 bits per heavy atom. The molecule has 0 bridgehead atoms. The summed E-state index contributed by atoms with van der Waals surface area (Å²) in [5.74, 6) is 0.930. The van der Waals surface area contributed by atoms with E-state index >= 15 is 0 Å². The van der Waals surface area contributed by atoms with Crippen LogP contribution in [0.2, 0.25) is 0 Å². The van der Waals surface area contributed by atoms with Crippen molar-refractivity contribution in [2.45, 2.75) is 76.7 Å². The van der Waals surface area contributed by atoms with Gasteiger partial charge in [0.05, 0.1) is 6.10 Å². The van der Waals surface area contributed by atoms with Gasteiger partial charge < -0.3 is 5.11 Å². The first kappa shape index (κ1) is 14.1. The van der Waals surface area contributed by atoms with E-state index in [0.717, 1.165) is 12.8 Å². The molecule has 0 radical (unpaired) electrons. The third-order valence-electron chi connectivity index (χ3n) is 5.43. The summed E-state index contributed by atoms with van der Waals surface area (Å²) >= 11 is 0. The molecular formula is C19H28O. The molecule has 0 unspecified atom stereocenters. The zero-order valence-corrected chi connectivity index (χ0v) is 13.2. The van der Waals surface area contributed by atoms with Gasteiger partial charge in [0.1, 0.15) is 0 Å². The average Bonchev–Trinajstić information content (AvgIpc) is 3.06. The second-order valence-corrected chi connectivity index (χ2v) is 7.84. The first-order valence-electron chi connectivity index (χ1n) is 8.28. The molecule has 0 aliphatic heterocycles. The molecule has 1 fully saturated rings. The van der Waals surface area contributed by atoms with E-state index in [0.29, 0.717) is 11.8 Å². The van der Waals surface area contributed by atoms with Gasteiger partial charge in [-0.3, -0.25) is 0 Å². The van der Waals surface area contributed by atoms with Gasteiger partial charge in [0.15, 0.2) is 0 Å². The Labute approximate surface area is 123 Å². The highest BCUT2D eigenvalue weighted by Crippen LogP contribution is 2.42. The van der Waals surface area contributed by atoms with Gasteiger partial charge in [-0.2, -0.15) is 0 Å². The van der Waals surface area contributed by atoms with Crippen LogP contribution in [0.25, 0.3) is 0 Å². The summed E-state index contributed by atoms with van der Waals surface area (Å²) in [6.07, 6.45) is 7.24. The summed E-state index contributed by atoms with van der Waals surface area (Å²) in [5.41, 5.74) is 4.51. The number of hydrogen-bond acceptors (Lipinski definition) is 1. The third-order valence-corrected chi connectivity index (χ3v) is 5.43. The van der Waals surface area contributed by atoms with Crippen LogP contribution in [0.4, 0.5) is 0 Å². The van der Waals surface area contributed by atoms with Gasteiger partial charge in [0.25, 0.3) is 0 Å². The van der Waals surface area contributed by atoms with Crippen molar-refractivity contribution in [3.63, 3.8) is 0 Å². The Morgan fingerprint density at radius 2 is 1.80 bits per heavy atom. The molecule has 1 aromatic carbocycles. The summed E-state index contributed by atoms with van der Waals surface area (Å²) < 4.78 is 0. The summed E-state index contributed by atoms with van der Waals surface area (Å²) in [6.45, 7) is 6.81. The van der Waals surface area contributed by atoms with Crippen molar-refractivity contribution in [3.05, 3.63) is 34.9 Å². The van der Waals surface area contributed by atoms with Crippen molar-refractivity contribution >= 4 is 0 Å². The molecule has 1 heteroatoms. The molecule has 2 aliphatic rings. The van der Waals surface area contributed by atoms with Crippen molar-refractivity contribution < 1.29 is 5.11 Å². The molecule has 1 saturated carbocycles. The predicted octanol–water partition coefficient (Wildman–Crippen LogP) is 4.57. The number of aliphatic hydroxyl groups excluding tert-OH is 1. The molecule has 0 heterocycles. The SMILES string of the molecule is CC(C)(C)c1ccc2c(c1)[C@@H]([C@@H](O)C1CCCC1)CC2. The van der Waals surface area contributed by atoms with Gasteiger partial charge in [-0.1, -0.05) is 51.8 Å². The van der Waals surface area contributed by atoms with Crippen molar-refractivity contribution in [2.24, 2.45) is 5.92 Å². The number of aryl methyl sites for hydroxylation is 1. The van der Waals surface area contributed by atoms with E-state index in [2.05, 4.69) is 39.0 Å². The lowest BCUT2D eigenvalue weighted by Crippen LogP contribution is -2.25. The van der Waals surface area contributed by atoms with Gasteiger partial charge in [0.2, 0.25) is 0 Å². The first-order valence-corrected chi connectivity index (χ1v) is 8.28. The zero-order valence-electron chi connectivity index (χ0n) is 13.2. The molecule has 0 spiro atoms. The maximum Gasteiger partial charge on any atom is 0.0637 e. The predicted molar refractivity (Wildman–Crippen MR) is 84.2 cm³/mol. The van der Waals surface area contributed by atoms with Crippen molar-refractivity contribution in [3.8, 4) is 0 Å². The van der Waals surface area contributed by atoms with Gasteiger partial charge in [-0.15, -0.1) is 0 Å². The third kappa shape index (κ3) is 2.53. The molecule has 0 aromatic heterocycles. The van der Waals surface area contributed by atoms with Crippen molar-refractivity contribution in [1.29, 1.82) is 0 Å². The molecule has 0 saturated heterocycles. The number of hydrogen-bond donors (Lipinski definition) is 1. The normalized spacial score (nSPS) is 24.9. The van der Waals surface area contributed by atoms with Crippen LogP contribution in [0.3, 0.4) is 0 Å². The fraction of sp³-hybridized carbons (Fsp3) is 0.684. The topological polar surface area (TPSA) is 20.2 Å². The second-order valence-electron chi connectivity index (χ2n) is 7.84. The van der Waals surface area contributed by atoms with E-state index in [1.54, 1.807) is 0 Å². The highest BCUT2D eigenvalue weighted by Gasteiger charge is 2.35. The van der Waals surface area contributed by atoms with Crippen molar-refractivity contribution in [1.82, 2.24) is 0 Å². The van der Waals surface area contributed by atoms with E-state index in [1.807, 2.05) is 0 Å². The minimum Gasteiger partial charge on any atom is -0.392 e. The maximum absolute atomic E-state index is 10.8. The Hall–Kier alpha value is -0.820. The minimum atomic E-state index is -0.117. The lowest BCUT2D eigenvalue weighted by Gasteiger charge is -2.26. The van der Waals surface area contributed by atoms with Crippen LogP contribution < -0.4 is 0 Å². The van der Waals surface area contributed by atoms with Gasteiger partial charge in [-0.25, -0.2) is 0 Å². The maximum atomic E-state index is 10.8. The second kappa shape index (κ2) is 5.18. The minimum absolute atomic E-state index is 0.117. The van der Waals surface area contributed by atoms with E-state index in [9.17, 15) is 5.11 Å². The Morgan fingerprint density at radius 1 is 1.10 bits per heavy atom. The monoisotopic (exact) mass is 272 g/mol. The zero-order chi connectivity index (χ0) is 14.3. The molecule has 3 rings (SSSR count). The lowest BCUT2D eigenvalue weighted by molar-refractivity contribution is 0.0829. The molecule has 1 nitrogen and oxygen atoms in total. The van der Waals surface area contributed by atoms with Crippen LogP contribution in [0.15, 0.2) is 18.2 Å².